The lowest BCUT2D eigenvalue weighted by molar-refractivity contribution is 0.215. The van der Waals surface area contributed by atoms with E-state index in [9.17, 15) is 8.42 Å². The number of nitrogens with one attached hydrogen (secondary N) is 1. The summed E-state index contributed by atoms with van der Waals surface area (Å²) in [5.74, 6) is 2.14. The molecule has 1 aliphatic heterocycles. The van der Waals surface area contributed by atoms with Gasteiger partial charge in [0.05, 0.1) is 11.8 Å². The van der Waals surface area contributed by atoms with Gasteiger partial charge in [0.15, 0.2) is 0 Å². The van der Waals surface area contributed by atoms with Crippen LogP contribution in [0.3, 0.4) is 0 Å². The van der Waals surface area contributed by atoms with Gasteiger partial charge in [0, 0.05) is 19.1 Å². The second-order valence-electron chi connectivity index (χ2n) is 6.22. The number of rotatable bonds is 5. The van der Waals surface area contributed by atoms with Crippen LogP contribution in [0.4, 0.5) is 0 Å². The summed E-state index contributed by atoms with van der Waals surface area (Å²) in [7, 11) is -3.13. The van der Waals surface area contributed by atoms with Gasteiger partial charge in [-0.15, -0.1) is 0 Å². The van der Waals surface area contributed by atoms with Gasteiger partial charge in [0.1, 0.15) is 11.5 Å². The maximum absolute atomic E-state index is 12.2. The Balaban J connectivity index is 1.89. The summed E-state index contributed by atoms with van der Waals surface area (Å²) < 4.78 is 31.6. The molecule has 120 valence electrons. The molecule has 1 saturated heterocycles. The molecule has 2 atom stereocenters. The number of aryl methyl sites for hydroxylation is 1. The van der Waals surface area contributed by atoms with Crippen molar-refractivity contribution in [2.24, 2.45) is 5.92 Å². The van der Waals surface area contributed by atoms with E-state index in [0.29, 0.717) is 31.6 Å². The van der Waals surface area contributed by atoms with Gasteiger partial charge in [0.25, 0.3) is 0 Å². The van der Waals surface area contributed by atoms with Crippen molar-refractivity contribution in [2.45, 2.75) is 52.0 Å². The smallest absolute Gasteiger partial charge is 0.216 e. The van der Waals surface area contributed by atoms with Crippen LogP contribution in [0.1, 0.15) is 38.7 Å². The van der Waals surface area contributed by atoms with E-state index in [1.807, 2.05) is 19.1 Å². The zero-order valence-corrected chi connectivity index (χ0v) is 14.1. The fourth-order valence-corrected chi connectivity index (χ4v) is 4.15. The van der Waals surface area contributed by atoms with Gasteiger partial charge in [-0.25, -0.2) is 12.7 Å². The predicted molar refractivity (Wildman–Crippen MR) is 83.5 cm³/mol. The normalized spacial score (nSPS) is 24.6. The van der Waals surface area contributed by atoms with Crippen LogP contribution < -0.4 is 5.32 Å². The van der Waals surface area contributed by atoms with Crippen molar-refractivity contribution in [3.8, 4) is 0 Å². The van der Waals surface area contributed by atoms with E-state index in [2.05, 4.69) is 12.2 Å². The summed E-state index contributed by atoms with van der Waals surface area (Å²) in [6.07, 6.45) is 0.840. The first-order valence-corrected chi connectivity index (χ1v) is 9.08. The maximum atomic E-state index is 12.2. The lowest BCUT2D eigenvalue weighted by atomic mass is 9.95. The summed E-state index contributed by atoms with van der Waals surface area (Å²) in [6, 6.07) is 4.26. The number of nitrogens with zero attached hydrogens (tertiary/aromatic N) is 1. The van der Waals surface area contributed by atoms with Gasteiger partial charge in [-0.3, -0.25) is 0 Å². The first kappa shape index (κ1) is 16.5. The van der Waals surface area contributed by atoms with Crippen molar-refractivity contribution >= 4 is 10.0 Å². The van der Waals surface area contributed by atoms with Crippen LogP contribution in [0, 0.1) is 12.8 Å². The standard InChI is InChI=1S/C15H26N2O3S/c1-11(2)21(18,19)17-8-7-15(12(3)10-17)16-9-14-6-5-13(4)20-14/h5-6,11-12,15-16H,7-10H2,1-4H3/t12-,15-/m1/s1. The summed E-state index contributed by atoms with van der Waals surface area (Å²) >= 11 is 0. The molecule has 0 amide bonds. The number of hydrogen-bond acceptors (Lipinski definition) is 4. The molecular weight excluding hydrogens is 288 g/mol. The third-order valence-electron chi connectivity index (χ3n) is 4.16. The highest BCUT2D eigenvalue weighted by Crippen LogP contribution is 2.22. The highest BCUT2D eigenvalue weighted by Gasteiger charge is 2.33. The fraction of sp³-hybridized carbons (Fsp3) is 0.733. The number of furan rings is 1. The van der Waals surface area contributed by atoms with E-state index in [4.69, 9.17) is 4.42 Å². The number of hydrogen-bond donors (Lipinski definition) is 1. The summed E-state index contributed by atoms with van der Waals surface area (Å²) in [4.78, 5) is 0. The highest BCUT2D eigenvalue weighted by atomic mass is 32.2. The molecule has 2 rings (SSSR count). The second-order valence-corrected chi connectivity index (χ2v) is 8.71. The van der Waals surface area contributed by atoms with Gasteiger partial charge in [-0.2, -0.15) is 0 Å². The lowest BCUT2D eigenvalue weighted by Gasteiger charge is -2.37. The summed E-state index contributed by atoms with van der Waals surface area (Å²) in [5.41, 5.74) is 0. The molecule has 21 heavy (non-hydrogen) atoms. The zero-order chi connectivity index (χ0) is 15.6. The quantitative estimate of drug-likeness (QED) is 0.904. The fourth-order valence-electron chi connectivity index (χ4n) is 2.75. The zero-order valence-electron chi connectivity index (χ0n) is 13.3. The van der Waals surface area contributed by atoms with Crippen LogP contribution in [0.2, 0.25) is 0 Å². The van der Waals surface area contributed by atoms with E-state index >= 15 is 0 Å². The van der Waals surface area contributed by atoms with Crippen molar-refractivity contribution < 1.29 is 12.8 Å². The predicted octanol–water partition coefficient (Wildman–Crippen LogP) is 2.13. The van der Waals surface area contributed by atoms with E-state index in [0.717, 1.165) is 17.9 Å². The molecule has 0 unspecified atom stereocenters. The maximum Gasteiger partial charge on any atom is 0.216 e. The van der Waals surface area contributed by atoms with Crippen molar-refractivity contribution in [3.63, 3.8) is 0 Å². The van der Waals surface area contributed by atoms with Gasteiger partial charge in [-0.05, 0) is 45.2 Å². The van der Waals surface area contributed by atoms with E-state index in [1.54, 1.807) is 18.2 Å². The van der Waals surface area contributed by atoms with Crippen LogP contribution in [0.25, 0.3) is 0 Å². The summed E-state index contributed by atoms with van der Waals surface area (Å²) in [6.45, 7) is 9.40. The molecule has 1 aliphatic rings. The molecule has 0 spiro atoms. The number of piperidine rings is 1. The molecule has 0 radical (unpaired) electrons. The molecule has 1 N–H and O–H groups in total. The Morgan fingerprint density at radius 2 is 2.14 bits per heavy atom. The van der Waals surface area contributed by atoms with E-state index in [-0.39, 0.29) is 5.25 Å². The van der Waals surface area contributed by atoms with Crippen molar-refractivity contribution in [1.29, 1.82) is 0 Å². The molecule has 0 aromatic carbocycles. The lowest BCUT2D eigenvalue weighted by Crippen LogP contribution is -2.51. The average molecular weight is 314 g/mol. The molecule has 2 heterocycles. The van der Waals surface area contributed by atoms with Gasteiger partial charge in [0.2, 0.25) is 10.0 Å². The Kier molecular flexibility index (Phi) is 5.11. The van der Waals surface area contributed by atoms with Crippen molar-refractivity contribution in [2.75, 3.05) is 13.1 Å². The second kappa shape index (κ2) is 6.50. The summed E-state index contributed by atoms with van der Waals surface area (Å²) in [5, 5.41) is 3.14. The van der Waals surface area contributed by atoms with Crippen molar-refractivity contribution in [3.05, 3.63) is 23.7 Å². The Bertz CT molecular complexity index is 565. The van der Waals surface area contributed by atoms with Crippen LogP contribution in [0.15, 0.2) is 16.5 Å². The molecule has 1 fully saturated rings. The molecule has 5 nitrogen and oxygen atoms in total. The molecule has 1 aromatic rings. The molecule has 1 aromatic heterocycles. The third kappa shape index (κ3) is 3.87. The van der Waals surface area contributed by atoms with Crippen molar-refractivity contribution in [1.82, 2.24) is 9.62 Å². The Morgan fingerprint density at radius 1 is 1.43 bits per heavy atom. The van der Waals surface area contributed by atoms with Crippen LogP contribution in [0.5, 0.6) is 0 Å². The first-order valence-electron chi connectivity index (χ1n) is 7.58. The molecule has 0 bridgehead atoms. The van der Waals surface area contributed by atoms with Crippen LogP contribution >= 0.6 is 0 Å². The minimum absolute atomic E-state index is 0.295. The van der Waals surface area contributed by atoms with Gasteiger partial charge >= 0.3 is 0 Å². The minimum Gasteiger partial charge on any atom is -0.465 e. The van der Waals surface area contributed by atoms with E-state index < -0.39 is 10.0 Å². The monoisotopic (exact) mass is 314 g/mol. The highest BCUT2D eigenvalue weighted by molar-refractivity contribution is 7.89. The molecular formula is C15H26N2O3S. The molecule has 6 heteroatoms. The van der Waals surface area contributed by atoms with Gasteiger partial charge in [-0.1, -0.05) is 6.92 Å². The number of sulfonamides is 1. The van der Waals surface area contributed by atoms with Crippen LogP contribution in [-0.4, -0.2) is 37.1 Å². The molecule has 0 saturated carbocycles. The SMILES string of the molecule is Cc1ccc(CN[C@@H]2CCN(S(=O)(=O)C(C)C)C[C@H]2C)o1. The minimum atomic E-state index is -3.13. The largest absolute Gasteiger partial charge is 0.465 e. The molecule has 0 aliphatic carbocycles. The van der Waals surface area contributed by atoms with Crippen LogP contribution in [-0.2, 0) is 16.6 Å². The Hall–Kier alpha value is -0.850. The Labute approximate surface area is 127 Å². The Morgan fingerprint density at radius 3 is 2.67 bits per heavy atom. The third-order valence-corrected chi connectivity index (χ3v) is 6.40. The van der Waals surface area contributed by atoms with Gasteiger partial charge < -0.3 is 9.73 Å². The van der Waals surface area contributed by atoms with E-state index in [1.165, 1.54) is 0 Å². The average Bonchev–Trinajstić information content (AvgIpc) is 2.82. The first-order chi connectivity index (χ1) is 9.80. The topological polar surface area (TPSA) is 62.6 Å².